The summed E-state index contributed by atoms with van der Waals surface area (Å²) in [5.41, 5.74) is 0.507. The second kappa shape index (κ2) is 5.86. The van der Waals surface area contributed by atoms with E-state index in [1.807, 2.05) is 0 Å². The molecule has 0 amide bonds. The number of carbonyl (C=O) groups is 1. The fraction of sp³-hybridized carbons (Fsp3) is 0.462. The van der Waals surface area contributed by atoms with Crippen molar-refractivity contribution in [3.8, 4) is 0 Å². The van der Waals surface area contributed by atoms with E-state index in [0.29, 0.717) is 5.56 Å². The van der Waals surface area contributed by atoms with Gasteiger partial charge in [0.1, 0.15) is 9.84 Å². The van der Waals surface area contributed by atoms with Gasteiger partial charge in [0, 0.05) is 24.3 Å². The summed E-state index contributed by atoms with van der Waals surface area (Å²) in [5.74, 6) is -0.130. The van der Waals surface area contributed by atoms with Crippen molar-refractivity contribution in [2.75, 3.05) is 18.6 Å². The van der Waals surface area contributed by atoms with Gasteiger partial charge in [-0.1, -0.05) is 12.1 Å². The first-order chi connectivity index (χ1) is 9.69. The molecule has 0 heterocycles. The third kappa shape index (κ3) is 4.62. The summed E-state index contributed by atoms with van der Waals surface area (Å²) in [5, 5.41) is 0. The van der Waals surface area contributed by atoms with Gasteiger partial charge in [-0.3, -0.25) is 4.79 Å². The lowest BCUT2D eigenvalue weighted by atomic mass is 10.1. The molecule has 0 saturated heterocycles. The summed E-state index contributed by atoms with van der Waals surface area (Å²) in [7, 11) is -6.98. The molecule has 0 unspecified atom stereocenters. The number of sulfonamides is 1. The lowest BCUT2D eigenvalue weighted by Gasteiger charge is -2.07. The first kappa shape index (κ1) is 16.1. The fourth-order valence-corrected chi connectivity index (χ4v) is 3.46. The van der Waals surface area contributed by atoms with Crippen LogP contribution in [0, 0.1) is 5.92 Å². The minimum absolute atomic E-state index is 0.0170. The first-order valence-electron chi connectivity index (χ1n) is 6.51. The molecule has 1 aliphatic carbocycles. The molecule has 1 aromatic rings. The van der Waals surface area contributed by atoms with Gasteiger partial charge in [-0.2, -0.15) is 0 Å². The molecule has 0 bridgehead atoms. The van der Waals surface area contributed by atoms with Crippen LogP contribution < -0.4 is 4.72 Å². The largest absolute Gasteiger partial charge is 0.294 e. The molecule has 21 heavy (non-hydrogen) atoms. The average molecular weight is 331 g/mol. The number of ketones is 1. The predicted octanol–water partition coefficient (Wildman–Crippen LogP) is 0.602. The maximum absolute atomic E-state index is 12.0. The van der Waals surface area contributed by atoms with Crippen molar-refractivity contribution in [1.29, 1.82) is 0 Å². The summed E-state index contributed by atoms with van der Waals surface area (Å²) in [6.45, 7) is -0.177. The van der Waals surface area contributed by atoms with E-state index >= 15 is 0 Å². The van der Waals surface area contributed by atoms with Gasteiger partial charge in [0.25, 0.3) is 0 Å². The lowest BCUT2D eigenvalue weighted by molar-refractivity contribution is 0.0967. The molecule has 0 atom stereocenters. The highest BCUT2D eigenvalue weighted by Crippen LogP contribution is 2.32. The van der Waals surface area contributed by atoms with Gasteiger partial charge in [-0.05, 0) is 25.0 Å². The van der Waals surface area contributed by atoms with Crippen molar-refractivity contribution >= 4 is 25.6 Å². The summed E-state index contributed by atoms with van der Waals surface area (Å²) >= 11 is 0. The van der Waals surface area contributed by atoms with Crippen LogP contribution in [0.4, 0.5) is 0 Å². The maximum Gasteiger partial charge on any atom is 0.240 e. The molecule has 0 aliphatic heterocycles. The van der Waals surface area contributed by atoms with Gasteiger partial charge in [0.2, 0.25) is 10.0 Å². The van der Waals surface area contributed by atoms with E-state index in [0.717, 1.165) is 19.1 Å². The van der Waals surface area contributed by atoms with E-state index in [2.05, 4.69) is 4.72 Å². The minimum atomic E-state index is -3.76. The number of hydrogen-bond donors (Lipinski definition) is 1. The van der Waals surface area contributed by atoms with Crippen molar-refractivity contribution in [2.24, 2.45) is 5.92 Å². The Kier molecular flexibility index (Phi) is 4.50. The summed E-state index contributed by atoms with van der Waals surface area (Å²) in [4.78, 5) is 11.8. The number of carbonyl (C=O) groups excluding carboxylic acids is 1. The van der Waals surface area contributed by atoms with Crippen LogP contribution in [0.15, 0.2) is 29.2 Å². The summed E-state index contributed by atoms with van der Waals surface area (Å²) < 4.78 is 48.1. The van der Waals surface area contributed by atoms with Gasteiger partial charge in [-0.25, -0.2) is 21.6 Å². The standard InChI is InChI=1S/C13H17NO5S2/c1-20(16,17)9-8-14-21(18,19)12-6-4-11(5-7-12)13(15)10-2-3-10/h4-7,10,14H,2-3,8-9H2,1H3. The van der Waals surface area contributed by atoms with Gasteiger partial charge in [0.05, 0.1) is 10.6 Å². The van der Waals surface area contributed by atoms with Gasteiger partial charge in [0.15, 0.2) is 5.78 Å². The molecule has 8 heteroatoms. The quantitative estimate of drug-likeness (QED) is 0.738. The van der Waals surface area contributed by atoms with Crippen LogP contribution in [0.5, 0.6) is 0 Å². The normalized spacial score (nSPS) is 15.9. The Morgan fingerprint density at radius 1 is 1.14 bits per heavy atom. The maximum atomic E-state index is 12.0. The Morgan fingerprint density at radius 2 is 1.71 bits per heavy atom. The molecule has 1 N–H and O–H groups in total. The van der Waals surface area contributed by atoms with Crippen LogP contribution in [0.1, 0.15) is 23.2 Å². The highest BCUT2D eigenvalue weighted by molar-refractivity contribution is 7.91. The highest BCUT2D eigenvalue weighted by atomic mass is 32.2. The second-order valence-electron chi connectivity index (χ2n) is 5.19. The number of nitrogens with one attached hydrogen (secondary N) is 1. The highest BCUT2D eigenvalue weighted by Gasteiger charge is 2.30. The zero-order valence-electron chi connectivity index (χ0n) is 11.6. The molecular weight excluding hydrogens is 314 g/mol. The molecule has 2 rings (SSSR count). The van der Waals surface area contributed by atoms with Crippen molar-refractivity contribution in [2.45, 2.75) is 17.7 Å². The van der Waals surface area contributed by atoms with Gasteiger partial charge in [-0.15, -0.1) is 0 Å². The Hall–Kier alpha value is -1.25. The van der Waals surface area contributed by atoms with Gasteiger partial charge < -0.3 is 0 Å². The van der Waals surface area contributed by atoms with Gasteiger partial charge >= 0.3 is 0 Å². The van der Waals surface area contributed by atoms with E-state index in [1.54, 1.807) is 0 Å². The number of sulfone groups is 1. The zero-order chi connectivity index (χ0) is 15.7. The summed E-state index contributed by atoms with van der Waals surface area (Å²) in [6.07, 6.45) is 2.83. The van der Waals surface area contributed by atoms with Crippen molar-refractivity contribution < 1.29 is 21.6 Å². The SMILES string of the molecule is CS(=O)(=O)CCNS(=O)(=O)c1ccc(C(=O)C2CC2)cc1. The van der Waals surface area contributed by atoms with Crippen molar-refractivity contribution in [1.82, 2.24) is 4.72 Å². The van der Waals surface area contributed by atoms with E-state index in [4.69, 9.17) is 0 Å². The molecule has 1 aliphatic rings. The predicted molar refractivity (Wildman–Crippen MR) is 78.4 cm³/mol. The smallest absolute Gasteiger partial charge is 0.240 e. The zero-order valence-corrected chi connectivity index (χ0v) is 13.2. The molecule has 0 aromatic heterocycles. The number of rotatable bonds is 7. The average Bonchev–Trinajstić information content (AvgIpc) is 3.20. The van der Waals surface area contributed by atoms with Crippen LogP contribution in [-0.4, -0.2) is 41.2 Å². The third-order valence-corrected chi connectivity index (χ3v) is 5.58. The number of benzene rings is 1. The molecule has 1 saturated carbocycles. The molecule has 0 radical (unpaired) electrons. The van der Waals surface area contributed by atoms with Crippen molar-refractivity contribution in [3.05, 3.63) is 29.8 Å². The molecule has 6 nitrogen and oxygen atoms in total. The minimum Gasteiger partial charge on any atom is -0.294 e. The molecule has 116 valence electrons. The Morgan fingerprint density at radius 3 is 2.19 bits per heavy atom. The van der Waals surface area contributed by atoms with Crippen LogP contribution >= 0.6 is 0 Å². The third-order valence-electron chi connectivity index (χ3n) is 3.16. The van der Waals surface area contributed by atoms with Crippen molar-refractivity contribution in [3.63, 3.8) is 0 Å². The van der Waals surface area contributed by atoms with Crippen LogP contribution in [0.25, 0.3) is 0 Å². The molecular formula is C13H17NO5S2. The van der Waals surface area contributed by atoms with E-state index < -0.39 is 19.9 Å². The number of hydrogen-bond acceptors (Lipinski definition) is 5. The van der Waals surface area contributed by atoms with E-state index in [1.165, 1.54) is 24.3 Å². The number of Topliss-reactive ketones (excluding diaryl/α,β-unsaturated/α-hetero) is 1. The molecule has 1 aromatic carbocycles. The Balaban J connectivity index is 2.04. The van der Waals surface area contributed by atoms with Crippen LogP contribution in [0.2, 0.25) is 0 Å². The Bertz CT molecular complexity index is 731. The monoisotopic (exact) mass is 331 g/mol. The topological polar surface area (TPSA) is 97.4 Å². The Labute approximate surface area is 124 Å². The van der Waals surface area contributed by atoms with Crippen LogP contribution in [-0.2, 0) is 19.9 Å². The first-order valence-corrected chi connectivity index (χ1v) is 10.0. The summed E-state index contributed by atoms with van der Waals surface area (Å²) in [6, 6.07) is 5.70. The van der Waals surface area contributed by atoms with Crippen LogP contribution in [0.3, 0.4) is 0 Å². The fourth-order valence-electron chi connectivity index (χ4n) is 1.82. The van der Waals surface area contributed by atoms with E-state index in [-0.39, 0.29) is 28.9 Å². The second-order valence-corrected chi connectivity index (χ2v) is 9.22. The van der Waals surface area contributed by atoms with E-state index in [9.17, 15) is 21.6 Å². The molecule has 1 fully saturated rings. The lowest BCUT2D eigenvalue weighted by Crippen LogP contribution is -2.28. The molecule has 0 spiro atoms.